The summed E-state index contributed by atoms with van der Waals surface area (Å²) in [5.74, 6) is 0. The summed E-state index contributed by atoms with van der Waals surface area (Å²) in [6.45, 7) is 2.01. The molecule has 0 fully saturated rings. The predicted molar refractivity (Wildman–Crippen MR) is 70.0 cm³/mol. The minimum Gasteiger partial charge on any atom is -0.451 e. The van der Waals surface area contributed by atoms with Crippen molar-refractivity contribution in [1.82, 2.24) is 4.72 Å². The van der Waals surface area contributed by atoms with Crippen LogP contribution in [0.5, 0.6) is 0 Å². The number of benzene rings is 1. The Labute approximate surface area is 111 Å². The van der Waals surface area contributed by atoms with Gasteiger partial charge in [-0.3, -0.25) is 0 Å². The monoisotopic (exact) mass is 285 g/mol. The van der Waals surface area contributed by atoms with Gasteiger partial charge in [-0.25, -0.2) is 13.1 Å². The van der Waals surface area contributed by atoms with Gasteiger partial charge in [0.05, 0.1) is 6.26 Å². The molecular formula is C12H12ClNO3S. The third-order valence-electron chi connectivity index (χ3n) is 2.34. The van der Waals surface area contributed by atoms with Crippen LogP contribution in [0.15, 0.2) is 46.1 Å². The molecule has 2 rings (SSSR count). The van der Waals surface area contributed by atoms with Gasteiger partial charge >= 0.3 is 0 Å². The Bertz CT molecular complexity index is 649. The van der Waals surface area contributed by atoms with Crippen LogP contribution in [0.2, 0.25) is 5.02 Å². The molecule has 0 saturated carbocycles. The Morgan fingerprint density at radius 1 is 1.33 bits per heavy atom. The number of hydrogen-bond acceptors (Lipinski definition) is 3. The van der Waals surface area contributed by atoms with Crippen LogP contribution in [0.25, 0.3) is 11.1 Å². The number of nitrogens with one attached hydrogen (secondary N) is 1. The second-order valence-electron chi connectivity index (χ2n) is 3.63. The molecule has 0 unspecified atom stereocenters. The zero-order valence-corrected chi connectivity index (χ0v) is 11.3. The average molecular weight is 286 g/mol. The molecule has 1 heterocycles. The van der Waals surface area contributed by atoms with Crippen LogP contribution in [-0.4, -0.2) is 15.0 Å². The van der Waals surface area contributed by atoms with Gasteiger partial charge in [0.25, 0.3) is 10.0 Å². The first-order valence-electron chi connectivity index (χ1n) is 5.37. The molecule has 2 aromatic rings. The smallest absolute Gasteiger partial charge is 0.274 e. The van der Waals surface area contributed by atoms with E-state index in [4.69, 9.17) is 16.0 Å². The van der Waals surface area contributed by atoms with Gasteiger partial charge in [0.2, 0.25) is 5.09 Å². The third-order valence-corrected chi connectivity index (χ3v) is 4.05. The Balaban J connectivity index is 2.52. The maximum Gasteiger partial charge on any atom is 0.274 e. The first-order chi connectivity index (χ1) is 8.54. The molecule has 1 aromatic carbocycles. The molecule has 0 saturated heterocycles. The molecule has 1 aromatic heterocycles. The molecule has 0 spiro atoms. The lowest BCUT2D eigenvalue weighted by atomic mass is 10.1. The fourth-order valence-electron chi connectivity index (χ4n) is 1.63. The summed E-state index contributed by atoms with van der Waals surface area (Å²) in [4.78, 5) is 0. The quantitative estimate of drug-likeness (QED) is 0.939. The molecule has 4 nitrogen and oxygen atoms in total. The first kappa shape index (κ1) is 13.1. The fourth-order valence-corrected chi connectivity index (χ4v) is 2.99. The molecule has 0 radical (unpaired) electrons. The largest absolute Gasteiger partial charge is 0.451 e. The van der Waals surface area contributed by atoms with Gasteiger partial charge in [-0.2, -0.15) is 0 Å². The Hall–Kier alpha value is -1.30. The Morgan fingerprint density at radius 2 is 2.11 bits per heavy atom. The van der Waals surface area contributed by atoms with Crippen LogP contribution < -0.4 is 4.72 Å². The van der Waals surface area contributed by atoms with Gasteiger partial charge in [-0.1, -0.05) is 30.7 Å². The lowest BCUT2D eigenvalue weighted by Crippen LogP contribution is -2.23. The highest BCUT2D eigenvalue weighted by molar-refractivity contribution is 7.89. The number of furan rings is 1. The van der Waals surface area contributed by atoms with Crippen LogP contribution in [0.4, 0.5) is 0 Å². The molecule has 0 bridgehead atoms. The van der Waals surface area contributed by atoms with E-state index < -0.39 is 10.0 Å². The third kappa shape index (κ3) is 2.58. The van der Waals surface area contributed by atoms with Crippen molar-refractivity contribution in [2.75, 3.05) is 6.54 Å². The van der Waals surface area contributed by atoms with Crippen molar-refractivity contribution in [3.05, 3.63) is 41.6 Å². The van der Waals surface area contributed by atoms with E-state index in [0.717, 1.165) is 0 Å². The fraction of sp³-hybridized carbons (Fsp3) is 0.167. The highest BCUT2D eigenvalue weighted by Crippen LogP contribution is 2.29. The first-order valence-corrected chi connectivity index (χ1v) is 7.24. The van der Waals surface area contributed by atoms with Crippen LogP contribution in [0, 0.1) is 0 Å². The van der Waals surface area contributed by atoms with E-state index in [1.165, 1.54) is 6.26 Å². The van der Waals surface area contributed by atoms with Gasteiger partial charge in [0.15, 0.2) is 0 Å². The molecule has 0 atom stereocenters. The van der Waals surface area contributed by atoms with E-state index in [1.807, 2.05) is 0 Å². The van der Waals surface area contributed by atoms with Crippen molar-refractivity contribution in [2.45, 2.75) is 12.0 Å². The minimum atomic E-state index is -3.62. The summed E-state index contributed by atoms with van der Waals surface area (Å²) in [6, 6.07) is 8.56. The van der Waals surface area contributed by atoms with Crippen LogP contribution >= 0.6 is 11.6 Å². The highest BCUT2D eigenvalue weighted by Gasteiger charge is 2.22. The van der Waals surface area contributed by atoms with Gasteiger partial charge < -0.3 is 4.42 Å². The molecule has 18 heavy (non-hydrogen) atoms. The zero-order valence-electron chi connectivity index (χ0n) is 9.68. The summed E-state index contributed by atoms with van der Waals surface area (Å²) in [6.07, 6.45) is 1.35. The molecule has 0 aliphatic rings. The van der Waals surface area contributed by atoms with Gasteiger partial charge in [0, 0.05) is 17.1 Å². The number of hydrogen-bond donors (Lipinski definition) is 1. The van der Waals surface area contributed by atoms with E-state index in [2.05, 4.69) is 4.72 Å². The summed E-state index contributed by atoms with van der Waals surface area (Å²) >= 11 is 5.89. The predicted octanol–water partition coefficient (Wildman–Crippen LogP) is 2.90. The van der Waals surface area contributed by atoms with Crippen molar-refractivity contribution in [3.63, 3.8) is 0 Å². The van der Waals surface area contributed by atoms with Crippen molar-refractivity contribution in [2.24, 2.45) is 0 Å². The van der Waals surface area contributed by atoms with Gasteiger partial charge in [0.1, 0.15) is 0 Å². The van der Waals surface area contributed by atoms with E-state index in [1.54, 1.807) is 37.3 Å². The van der Waals surface area contributed by atoms with E-state index in [0.29, 0.717) is 22.7 Å². The molecule has 0 aliphatic heterocycles. The number of rotatable bonds is 4. The lowest BCUT2D eigenvalue weighted by molar-refractivity contribution is 0.448. The van der Waals surface area contributed by atoms with Gasteiger partial charge in [-0.15, -0.1) is 0 Å². The second-order valence-corrected chi connectivity index (χ2v) is 5.74. The van der Waals surface area contributed by atoms with Gasteiger partial charge in [-0.05, 0) is 23.8 Å². The Kier molecular flexibility index (Phi) is 3.75. The maximum absolute atomic E-state index is 11.9. The second kappa shape index (κ2) is 5.14. The van der Waals surface area contributed by atoms with Crippen molar-refractivity contribution in [1.29, 1.82) is 0 Å². The Morgan fingerprint density at radius 3 is 2.78 bits per heavy atom. The van der Waals surface area contributed by atoms with Crippen LogP contribution in [-0.2, 0) is 10.0 Å². The number of sulfonamides is 1. The molecular weight excluding hydrogens is 274 g/mol. The van der Waals surface area contributed by atoms with Crippen molar-refractivity contribution < 1.29 is 12.8 Å². The van der Waals surface area contributed by atoms with Crippen molar-refractivity contribution >= 4 is 21.6 Å². The average Bonchev–Trinajstić information content (AvgIpc) is 2.78. The lowest BCUT2D eigenvalue weighted by Gasteiger charge is -2.05. The number of halogens is 1. The standard InChI is InChI=1S/C12H12ClNO3S/c1-2-14-18(15,16)12-11(6-7-17-12)9-4-3-5-10(13)8-9/h3-8,14H,2H2,1H3. The molecule has 0 aliphatic carbocycles. The summed E-state index contributed by atoms with van der Waals surface area (Å²) in [5, 5.41) is 0.451. The van der Waals surface area contributed by atoms with E-state index >= 15 is 0 Å². The van der Waals surface area contributed by atoms with E-state index in [9.17, 15) is 8.42 Å². The van der Waals surface area contributed by atoms with Crippen LogP contribution in [0.3, 0.4) is 0 Å². The minimum absolute atomic E-state index is 0.0911. The maximum atomic E-state index is 11.9. The molecule has 6 heteroatoms. The highest BCUT2D eigenvalue weighted by atomic mass is 35.5. The zero-order chi connectivity index (χ0) is 13.2. The van der Waals surface area contributed by atoms with E-state index in [-0.39, 0.29) is 5.09 Å². The summed E-state index contributed by atoms with van der Waals surface area (Å²) < 4.78 is 31.3. The molecule has 96 valence electrons. The topological polar surface area (TPSA) is 59.3 Å². The molecule has 1 N–H and O–H groups in total. The normalized spacial score (nSPS) is 11.7. The summed E-state index contributed by atoms with van der Waals surface area (Å²) in [7, 11) is -3.62. The van der Waals surface area contributed by atoms with Crippen molar-refractivity contribution in [3.8, 4) is 11.1 Å². The SMILES string of the molecule is CCNS(=O)(=O)c1occc1-c1cccc(Cl)c1. The van der Waals surface area contributed by atoms with Crippen LogP contribution in [0.1, 0.15) is 6.92 Å². The summed E-state index contributed by atoms with van der Waals surface area (Å²) in [5.41, 5.74) is 1.20. The molecule has 0 amide bonds.